The van der Waals surface area contributed by atoms with E-state index in [0.717, 1.165) is 12.1 Å². The molecule has 0 bridgehead atoms. The predicted octanol–water partition coefficient (Wildman–Crippen LogP) is 2.22. The van der Waals surface area contributed by atoms with Crippen LogP contribution in [-0.2, 0) is 19.1 Å². The van der Waals surface area contributed by atoms with E-state index < -0.39 is 29.0 Å². The van der Waals surface area contributed by atoms with Crippen LogP contribution in [0, 0.1) is 11.2 Å². The van der Waals surface area contributed by atoms with Crippen LogP contribution >= 0.6 is 11.6 Å². The average Bonchev–Trinajstić information content (AvgIpc) is 2.90. The van der Waals surface area contributed by atoms with Crippen LogP contribution in [0.15, 0.2) is 53.9 Å². The molecule has 0 aromatic heterocycles. The maximum Gasteiger partial charge on any atom is 0.365 e. The molecule has 0 unspecified atom stereocenters. The van der Waals surface area contributed by atoms with Crippen LogP contribution < -0.4 is 26.0 Å². The van der Waals surface area contributed by atoms with Crippen LogP contribution in [0.5, 0.6) is 5.75 Å². The zero-order valence-electron chi connectivity index (χ0n) is 22.7. The van der Waals surface area contributed by atoms with E-state index in [1.807, 2.05) is 6.07 Å². The molecule has 3 amide bonds. The lowest BCUT2D eigenvalue weighted by Gasteiger charge is -2.25. The summed E-state index contributed by atoms with van der Waals surface area (Å²) < 4.78 is 29.2. The van der Waals surface area contributed by atoms with Gasteiger partial charge in [0.05, 0.1) is 22.9 Å². The molecule has 0 heterocycles. The number of para-hydroxylation sites is 1. The molecule has 0 atom stereocenters. The number of primary amides is 1. The molecule has 0 saturated carbocycles. The van der Waals surface area contributed by atoms with E-state index in [-0.39, 0.29) is 48.4 Å². The number of halogens is 2. The third-order valence-corrected chi connectivity index (χ3v) is 5.76. The van der Waals surface area contributed by atoms with Crippen LogP contribution in [0.4, 0.5) is 10.1 Å². The Morgan fingerprint density at radius 2 is 1.77 bits per heavy atom. The molecule has 0 spiro atoms. The molecular weight excluding hydrogens is 531 g/mol. The quantitative estimate of drug-likeness (QED) is 0.157. The van der Waals surface area contributed by atoms with Gasteiger partial charge in [0.25, 0.3) is 5.91 Å². The van der Waals surface area contributed by atoms with Crippen LogP contribution in [0.25, 0.3) is 0 Å². The van der Waals surface area contributed by atoms with E-state index >= 15 is 0 Å². The Bertz CT molecular complexity index is 1190. The second-order valence-electron chi connectivity index (χ2n) is 9.34. The van der Waals surface area contributed by atoms with E-state index in [4.69, 9.17) is 25.8 Å². The lowest BCUT2D eigenvalue weighted by Crippen LogP contribution is -2.83. The Morgan fingerprint density at radius 3 is 2.38 bits per heavy atom. The van der Waals surface area contributed by atoms with E-state index in [9.17, 15) is 18.8 Å². The first-order chi connectivity index (χ1) is 18.5. The van der Waals surface area contributed by atoms with Gasteiger partial charge in [0, 0.05) is 40.3 Å². The topological polar surface area (TPSA) is 132 Å². The van der Waals surface area contributed by atoms with Crippen LogP contribution in [0.1, 0.15) is 30.6 Å². The number of hydrogen-bond donors (Lipinski definition) is 4. The van der Waals surface area contributed by atoms with Gasteiger partial charge in [0.2, 0.25) is 5.91 Å². The number of rotatable bonds is 14. The highest BCUT2D eigenvalue weighted by molar-refractivity contribution is 6.31. The minimum atomic E-state index is -0.742. The number of amides is 3. The van der Waals surface area contributed by atoms with Crippen molar-refractivity contribution in [2.24, 2.45) is 5.41 Å². The summed E-state index contributed by atoms with van der Waals surface area (Å²) in [4.78, 5) is 39.0. The summed E-state index contributed by atoms with van der Waals surface area (Å²) in [5.74, 6) is -2.18. The van der Waals surface area contributed by atoms with Gasteiger partial charge in [0.15, 0.2) is 12.5 Å². The van der Waals surface area contributed by atoms with E-state index in [2.05, 4.69) is 16.0 Å². The third kappa shape index (κ3) is 9.95. The van der Waals surface area contributed by atoms with Gasteiger partial charge in [-0.05, 0) is 23.6 Å². The molecule has 39 heavy (non-hydrogen) atoms. The molecule has 12 heteroatoms. The van der Waals surface area contributed by atoms with Crippen LogP contribution in [0.3, 0.4) is 0 Å². The van der Waals surface area contributed by atoms with Gasteiger partial charge < -0.3 is 30.2 Å². The summed E-state index contributed by atoms with van der Waals surface area (Å²) in [6, 6.07) is 11.2. The summed E-state index contributed by atoms with van der Waals surface area (Å²) in [7, 11) is 4.50. The Morgan fingerprint density at radius 1 is 1.08 bits per heavy atom. The molecule has 0 aliphatic rings. The molecule has 2 aromatic rings. The number of carbonyl (C=O) groups is 3. The highest BCUT2D eigenvalue weighted by Crippen LogP contribution is 2.27. The predicted molar refractivity (Wildman–Crippen MR) is 144 cm³/mol. The monoisotopic (exact) mass is 565 g/mol. The minimum Gasteiger partial charge on any atom is -0.467 e. The SMILES string of the molecule is CNC(COC)=C(NC(=O)CC(C)(C)CNC(=O)c1cc(Cl)c(F)cc1OCOC)C(=O)[NH2+]c1ccccc1. The molecule has 0 aliphatic carbocycles. The number of methoxy groups -OCH3 is 2. The van der Waals surface area contributed by atoms with Gasteiger partial charge in [0.1, 0.15) is 17.3 Å². The normalized spacial score (nSPS) is 11.9. The molecule has 0 fully saturated rings. The molecule has 0 saturated heterocycles. The zero-order valence-corrected chi connectivity index (χ0v) is 23.4. The minimum absolute atomic E-state index is 0.0178. The van der Waals surface area contributed by atoms with Crippen molar-refractivity contribution in [2.45, 2.75) is 20.3 Å². The first-order valence-corrected chi connectivity index (χ1v) is 12.4. The number of benzene rings is 2. The molecule has 10 nitrogen and oxygen atoms in total. The molecule has 2 aromatic carbocycles. The highest BCUT2D eigenvalue weighted by atomic mass is 35.5. The summed E-state index contributed by atoms with van der Waals surface area (Å²) >= 11 is 5.86. The number of nitrogens with one attached hydrogen (secondary N) is 3. The standard InChI is InChI=1S/C27H34ClFN4O6/c1-27(2,15-31-25(35)18-11-19(28)20(29)12-22(18)39-16-38-5)13-23(34)33-24(21(30-3)14-37-4)26(36)32-17-9-7-6-8-10-17/h6-12,30H,13-16H2,1-5H3,(H,31,35)(H,32,36)(H,33,34)/p+1. The van der Waals surface area contributed by atoms with Crippen LogP contribution in [-0.4, -0.2) is 58.9 Å². The van der Waals surface area contributed by atoms with Crippen molar-refractivity contribution in [3.05, 3.63) is 70.3 Å². The van der Waals surface area contributed by atoms with Crippen molar-refractivity contribution < 1.29 is 38.3 Å². The molecular formula is C27H35ClFN4O6+. The number of carbonyl (C=O) groups excluding carboxylic acids is 3. The molecule has 2 rings (SSSR count). The maximum absolute atomic E-state index is 13.9. The Labute approximate surface area is 232 Å². The second kappa shape index (κ2) is 15.2. The molecule has 0 radical (unpaired) electrons. The molecule has 0 aliphatic heterocycles. The molecule has 212 valence electrons. The third-order valence-electron chi connectivity index (χ3n) is 5.47. The van der Waals surface area contributed by atoms with Gasteiger partial charge in [-0.3, -0.25) is 9.59 Å². The summed E-state index contributed by atoms with van der Waals surface area (Å²) in [5, 5.41) is 9.53. The van der Waals surface area contributed by atoms with Gasteiger partial charge >= 0.3 is 5.91 Å². The van der Waals surface area contributed by atoms with E-state index in [1.165, 1.54) is 19.5 Å². The number of nitrogens with two attached hydrogens (primary N) is 1. The Kier molecular flexibility index (Phi) is 12.3. The molecule has 5 N–H and O–H groups in total. The van der Waals surface area contributed by atoms with Gasteiger partial charge in [-0.25, -0.2) is 14.5 Å². The second-order valence-corrected chi connectivity index (χ2v) is 9.75. The first kappa shape index (κ1) is 31.7. The summed E-state index contributed by atoms with van der Waals surface area (Å²) in [5.41, 5.74) is 0.444. The number of hydrogen-bond acceptors (Lipinski definition) is 7. The van der Waals surface area contributed by atoms with Crippen molar-refractivity contribution in [1.29, 1.82) is 0 Å². The van der Waals surface area contributed by atoms with Crippen molar-refractivity contribution in [3.8, 4) is 5.75 Å². The summed E-state index contributed by atoms with van der Waals surface area (Å²) in [6.07, 6.45) is -0.0312. The Balaban J connectivity index is 2.12. The van der Waals surface area contributed by atoms with Crippen molar-refractivity contribution >= 4 is 35.0 Å². The summed E-state index contributed by atoms with van der Waals surface area (Å²) in [6.45, 7) is 3.53. The van der Waals surface area contributed by atoms with Crippen molar-refractivity contribution in [3.63, 3.8) is 0 Å². The van der Waals surface area contributed by atoms with Crippen molar-refractivity contribution in [2.75, 3.05) is 41.2 Å². The van der Waals surface area contributed by atoms with Gasteiger partial charge in [-0.15, -0.1) is 0 Å². The highest BCUT2D eigenvalue weighted by Gasteiger charge is 2.28. The fourth-order valence-electron chi connectivity index (χ4n) is 3.52. The van der Waals surface area contributed by atoms with Crippen LogP contribution in [0.2, 0.25) is 5.02 Å². The smallest absolute Gasteiger partial charge is 0.365 e. The zero-order chi connectivity index (χ0) is 29.0. The van der Waals surface area contributed by atoms with E-state index in [0.29, 0.717) is 11.4 Å². The number of likely N-dealkylation sites (N-methyl/N-ethyl adjacent to an activating group) is 1. The van der Waals surface area contributed by atoms with Gasteiger partial charge in [-0.2, -0.15) is 0 Å². The maximum atomic E-state index is 13.9. The van der Waals surface area contributed by atoms with Gasteiger partial charge in [-0.1, -0.05) is 43.6 Å². The largest absolute Gasteiger partial charge is 0.467 e. The number of ether oxygens (including phenoxy) is 3. The lowest BCUT2D eigenvalue weighted by molar-refractivity contribution is -0.479. The lowest BCUT2D eigenvalue weighted by atomic mass is 9.88. The Hall–Kier alpha value is -3.51. The van der Waals surface area contributed by atoms with E-state index in [1.54, 1.807) is 45.2 Å². The number of quaternary nitrogens is 1. The van der Waals surface area contributed by atoms with Crippen molar-refractivity contribution in [1.82, 2.24) is 16.0 Å². The fourth-order valence-corrected chi connectivity index (χ4v) is 3.68. The first-order valence-electron chi connectivity index (χ1n) is 12.0. The average molecular weight is 566 g/mol. The fraction of sp³-hybridized carbons (Fsp3) is 0.370.